The molecule has 3 aromatic rings. The van der Waals surface area contributed by atoms with Gasteiger partial charge in [-0.05, 0) is 36.6 Å². The molecule has 0 amide bonds. The fourth-order valence-electron chi connectivity index (χ4n) is 3.51. The minimum atomic E-state index is -4.53. The van der Waals surface area contributed by atoms with Crippen LogP contribution in [0.3, 0.4) is 0 Å². The normalized spacial score (nSPS) is 13.5. The molecule has 39 heavy (non-hydrogen) atoms. The van der Waals surface area contributed by atoms with Gasteiger partial charge in [-0.3, -0.25) is 13.5 Å². The Morgan fingerprint density at radius 3 is 1.72 bits per heavy atom. The average molecular weight is 577 g/mol. The van der Waals surface area contributed by atoms with Crippen LogP contribution in [0.15, 0.2) is 89.8 Å². The predicted octanol–water partition coefficient (Wildman–Crippen LogP) is 4.87. The van der Waals surface area contributed by atoms with Crippen molar-refractivity contribution in [3.8, 4) is 0 Å². The minimum absolute atomic E-state index is 0.153. The van der Waals surface area contributed by atoms with Crippen LogP contribution in [0.2, 0.25) is 0 Å². The van der Waals surface area contributed by atoms with Gasteiger partial charge in [-0.15, -0.1) is 0 Å². The number of hydrogen-bond acceptors (Lipinski definition) is 8. The number of benzene rings is 3. The molecule has 0 aliphatic heterocycles. The smallest absolute Gasteiger partial charge is 0.334 e. The van der Waals surface area contributed by atoms with Crippen molar-refractivity contribution in [2.24, 2.45) is 5.92 Å². The third kappa shape index (κ3) is 9.42. The fourth-order valence-corrected chi connectivity index (χ4v) is 6.38. The molecule has 0 aliphatic carbocycles. The summed E-state index contributed by atoms with van der Waals surface area (Å²) in [5.74, 6) is -4.83. The summed E-state index contributed by atoms with van der Waals surface area (Å²) in [6.07, 6.45) is -3.57. The van der Waals surface area contributed by atoms with Gasteiger partial charge in [0.2, 0.25) is 0 Å². The maximum atomic E-state index is 13.8. The Hall–Kier alpha value is -3.34. The summed E-state index contributed by atoms with van der Waals surface area (Å²) in [6, 6.07) is 23.0. The van der Waals surface area contributed by atoms with Crippen molar-refractivity contribution in [2.45, 2.75) is 37.6 Å². The van der Waals surface area contributed by atoms with Gasteiger partial charge in [0.25, 0.3) is 10.1 Å². The molecule has 0 bridgehead atoms. The largest absolute Gasteiger partial charge is 0.481 e. The molecular formula is C27H29O10PS. The lowest BCUT2D eigenvalue weighted by molar-refractivity contribution is -0.148. The first kappa shape index (κ1) is 30.2. The van der Waals surface area contributed by atoms with E-state index in [9.17, 15) is 32.8 Å². The molecule has 0 aliphatic rings. The summed E-state index contributed by atoms with van der Waals surface area (Å²) in [7, 11) is -8.67. The molecule has 10 nitrogen and oxygen atoms in total. The SMILES string of the molecule is Cc1ccc(S(=O)(=O)O[C@H](CC(CP(=O)(OCc2ccccc2)OCc2ccccc2)C(=O)O)C(=O)O)cc1. The van der Waals surface area contributed by atoms with E-state index < -0.39 is 54.3 Å². The van der Waals surface area contributed by atoms with Crippen LogP contribution in [0.4, 0.5) is 0 Å². The molecule has 0 saturated carbocycles. The van der Waals surface area contributed by atoms with E-state index >= 15 is 0 Å². The Bertz CT molecular complexity index is 1350. The zero-order chi connectivity index (χ0) is 28.5. The second kappa shape index (κ2) is 13.6. The second-order valence-corrected chi connectivity index (χ2v) is 12.4. The van der Waals surface area contributed by atoms with Gasteiger partial charge in [0.1, 0.15) is 0 Å². The van der Waals surface area contributed by atoms with Crippen LogP contribution in [0, 0.1) is 12.8 Å². The number of aryl methyl sites for hydroxylation is 1. The molecule has 12 heteroatoms. The first-order chi connectivity index (χ1) is 18.5. The van der Waals surface area contributed by atoms with E-state index in [1.807, 2.05) is 0 Å². The fraction of sp³-hybridized carbons (Fsp3) is 0.259. The number of carbonyl (C=O) groups is 2. The maximum absolute atomic E-state index is 13.8. The molecule has 2 atom stereocenters. The maximum Gasteiger partial charge on any atom is 0.334 e. The summed E-state index contributed by atoms with van der Waals surface area (Å²) in [6.45, 7) is 1.44. The van der Waals surface area contributed by atoms with E-state index in [0.717, 1.165) is 5.56 Å². The Kier molecular flexibility index (Phi) is 10.6. The molecule has 0 heterocycles. The van der Waals surface area contributed by atoms with Gasteiger partial charge in [-0.1, -0.05) is 78.4 Å². The molecule has 0 aromatic heterocycles. The first-order valence-corrected chi connectivity index (χ1v) is 15.0. The zero-order valence-corrected chi connectivity index (χ0v) is 22.8. The molecule has 0 radical (unpaired) electrons. The van der Waals surface area contributed by atoms with Crippen molar-refractivity contribution in [1.82, 2.24) is 0 Å². The highest BCUT2D eigenvalue weighted by Crippen LogP contribution is 2.52. The third-order valence-corrected chi connectivity index (χ3v) is 8.93. The molecule has 0 spiro atoms. The quantitative estimate of drug-likeness (QED) is 0.189. The topological polar surface area (TPSA) is 154 Å². The van der Waals surface area contributed by atoms with Crippen molar-refractivity contribution in [3.63, 3.8) is 0 Å². The van der Waals surface area contributed by atoms with Gasteiger partial charge in [-0.25, -0.2) is 4.79 Å². The Morgan fingerprint density at radius 1 is 0.795 bits per heavy atom. The number of rotatable bonds is 15. The molecule has 3 aromatic carbocycles. The van der Waals surface area contributed by atoms with Crippen LogP contribution in [0.5, 0.6) is 0 Å². The molecule has 3 rings (SSSR count). The van der Waals surface area contributed by atoms with Crippen molar-refractivity contribution >= 4 is 29.7 Å². The minimum Gasteiger partial charge on any atom is -0.481 e. The number of carboxylic acids is 2. The lowest BCUT2D eigenvalue weighted by atomic mass is 10.0. The molecule has 0 saturated heterocycles. The van der Waals surface area contributed by atoms with Gasteiger partial charge in [0.15, 0.2) is 6.10 Å². The molecular weight excluding hydrogens is 547 g/mol. The van der Waals surface area contributed by atoms with Crippen LogP contribution < -0.4 is 0 Å². The molecule has 2 N–H and O–H groups in total. The summed E-state index contributed by atoms with van der Waals surface area (Å²) in [5.41, 5.74) is 2.09. The van der Waals surface area contributed by atoms with Crippen LogP contribution in [-0.2, 0) is 50.7 Å². The van der Waals surface area contributed by atoms with Gasteiger partial charge in [0, 0.05) is 0 Å². The van der Waals surface area contributed by atoms with Gasteiger partial charge in [-0.2, -0.15) is 8.42 Å². The monoisotopic (exact) mass is 576 g/mol. The number of aliphatic carboxylic acids is 2. The Balaban J connectivity index is 1.81. The standard InChI is InChI=1S/C27H29O10PS/c1-20-12-14-24(15-13-20)39(33,34)37-25(27(30)31)16-23(26(28)29)19-38(32,35-17-21-8-4-2-5-9-21)36-18-22-10-6-3-7-11-22/h2-15,23,25H,16-19H2,1H3,(H,28,29)(H,30,31)/t23?,25-/m1/s1. The second-order valence-electron chi connectivity index (χ2n) is 8.77. The van der Waals surface area contributed by atoms with Crippen molar-refractivity contribution in [3.05, 3.63) is 102 Å². The van der Waals surface area contributed by atoms with Crippen LogP contribution >= 0.6 is 7.60 Å². The predicted molar refractivity (Wildman–Crippen MR) is 142 cm³/mol. The van der Waals surface area contributed by atoms with Crippen molar-refractivity contribution in [2.75, 3.05) is 6.16 Å². The van der Waals surface area contributed by atoms with Crippen molar-refractivity contribution < 1.29 is 46.0 Å². The van der Waals surface area contributed by atoms with E-state index in [1.165, 1.54) is 24.3 Å². The number of hydrogen-bond donors (Lipinski definition) is 2. The highest BCUT2D eigenvalue weighted by molar-refractivity contribution is 7.86. The van der Waals surface area contributed by atoms with Crippen LogP contribution in [0.1, 0.15) is 23.1 Å². The van der Waals surface area contributed by atoms with E-state index in [1.54, 1.807) is 67.6 Å². The van der Waals surface area contributed by atoms with Crippen LogP contribution in [0.25, 0.3) is 0 Å². The summed E-state index contributed by atoms with van der Waals surface area (Å²) in [4.78, 5) is 23.7. The zero-order valence-electron chi connectivity index (χ0n) is 21.1. The summed E-state index contributed by atoms with van der Waals surface area (Å²) in [5, 5.41) is 19.5. The lowest BCUT2D eigenvalue weighted by Crippen LogP contribution is -2.33. The molecule has 208 valence electrons. The van der Waals surface area contributed by atoms with E-state index in [2.05, 4.69) is 0 Å². The van der Waals surface area contributed by atoms with E-state index in [-0.39, 0.29) is 18.1 Å². The Labute approximate surface area is 226 Å². The molecule has 1 unspecified atom stereocenters. The lowest BCUT2D eigenvalue weighted by Gasteiger charge is -2.24. The van der Waals surface area contributed by atoms with Gasteiger partial charge >= 0.3 is 19.5 Å². The van der Waals surface area contributed by atoms with E-state index in [0.29, 0.717) is 11.1 Å². The van der Waals surface area contributed by atoms with Crippen LogP contribution in [-0.4, -0.2) is 42.8 Å². The van der Waals surface area contributed by atoms with Gasteiger partial charge in [0.05, 0.1) is 30.2 Å². The highest BCUT2D eigenvalue weighted by Gasteiger charge is 2.38. The first-order valence-electron chi connectivity index (χ1n) is 11.9. The summed E-state index contributed by atoms with van der Waals surface area (Å²) < 4.78 is 55.2. The average Bonchev–Trinajstić information content (AvgIpc) is 2.91. The summed E-state index contributed by atoms with van der Waals surface area (Å²) >= 11 is 0. The number of carboxylic acid groups (broad SMARTS) is 2. The Morgan fingerprint density at radius 2 is 1.28 bits per heavy atom. The van der Waals surface area contributed by atoms with E-state index in [4.69, 9.17) is 13.2 Å². The highest BCUT2D eigenvalue weighted by atomic mass is 32.2. The molecule has 0 fully saturated rings. The van der Waals surface area contributed by atoms with Crippen molar-refractivity contribution in [1.29, 1.82) is 0 Å². The van der Waals surface area contributed by atoms with Gasteiger partial charge < -0.3 is 19.3 Å². The third-order valence-electron chi connectivity index (χ3n) is 5.66.